The van der Waals surface area contributed by atoms with E-state index in [9.17, 15) is 14.7 Å². The van der Waals surface area contributed by atoms with Gasteiger partial charge in [-0.1, -0.05) is 19.0 Å². The van der Waals surface area contributed by atoms with Gasteiger partial charge in [-0.05, 0) is 26.7 Å². The summed E-state index contributed by atoms with van der Waals surface area (Å²) in [5.41, 5.74) is 0.554. The van der Waals surface area contributed by atoms with Crippen molar-refractivity contribution < 1.29 is 19.2 Å². The molecule has 0 unspecified atom stereocenters. The Bertz CT molecular complexity index is 470. The minimum atomic E-state index is -0.894. The maximum Gasteiger partial charge on any atom is 0.311 e. The lowest BCUT2D eigenvalue weighted by Crippen LogP contribution is -2.42. The fourth-order valence-electron chi connectivity index (χ4n) is 2.12. The van der Waals surface area contributed by atoms with Crippen molar-refractivity contribution in [1.29, 1.82) is 0 Å². The van der Waals surface area contributed by atoms with Gasteiger partial charge in [-0.3, -0.25) is 9.59 Å². The zero-order valence-corrected chi connectivity index (χ0v) is 12.4. The number of aromatic nitrogens is 1. The summed E-state index contributed by atoms with van der Waals surface area (Å²) in [6.07, 6.45) is 1.11. The number of carbonyl (C=O) groups excluding carboxylic acids is 1. The molecule has 0 saturated carbocycles. The predicted octanol–water partition coefficient (Wildman–Crippen LogP) is 1.84. The van der Waals surface area contributed by atoms with Crippen molar-refractivity contribution in [2.75, 3.05) is 6.54 Å². The van der Waals surface area contributed by atoms with E-state index in [1.807, 2.05) is 13.8 Å². The molecule has 0 spiro atoms. The third kappa shape index (κ3) is 3.37. The molecule has 6 nitrogen and oxygen atoms in total. The van der Waals surface area contributed by atoms with Gasteiger partial charge < -0.3 is 14.9 Å². The molecule has 1 aromatic heterocycles. The van der Waals surface area contributed by atoms with E-state index < -0.39 is 11.4 Å². The Morgan fingerprint density at radius 3 is 2.30 bits per heavy atom. The van der Waals surface area contributed by atoms with Gasteiger partial charge in [0.25, 0.3) is 0 Å². The molecule has 1 rings (SSSR count). The second-order valence-electron chi connectivity index (χ2n) is 5.05. The van der Waals surface area contributed by atoms with Crippen molar-refractivity contribution in [3.8, 4) is 0 Å². The van der Waals surface area contributed by atoms with Crippen molar-refractivity contribution >= 4 is 11.9 Å². The molecule has 0 aromatic carbocycles. The van der Waals surface area contributed by atoms with Gasteiger partial charge in [0.05, 0.1) is 17.5 Å². The van der Waals surface area contributed by atoms with E-state index in [4.69, 9.17) is 4.52 Å². The fraction of sp³-hybridized carbons (Fsp3) is 0.643. The van der Waals surface area contributed by atoms with E-state index in [-0.39, 0.29) is 18.9 Å². The SMILES string of the molecule is CCC(CC)(CNC(=O)Cc1c(C)noc1C)C(=O)O. The lowest BCUT2D eigenvalue weighted by molar-refractivity contribution is -0.149. The third-order valence-electron chi connectivity index (χ3n) is 3.95. The van der Waals surface area contributed by atoms with Crippen molar-refractivity contribution in [2.45, 2.75) is 47.0 Å². The summed E-state index contributed by atoms with van der Waals surface area (Å²) in [7, 11) is 0. The Hall–Kier alpha value is -1.85. The topological polar surface area (TPSA) is 92.4 Å². The van der Waals surface area contributed by atoms with Crippen molar-refractivity contribution in [1.82, 2.24) is 10.5 Å². The number of carboxylic acids is 1. The molecule has 2 N–H and O–H groups in total. The number of hydrogen-bond acceptors (Lipinski definition) is 4. The number of amides is 1. The van der Waals surface area contributed by atoms with Gasteiger partial charge in [0.15, 0.2) is 0 Å². The molecule has 0 aliphatic heterocycles. The van der Waals surface area contributed by atoms with Gasteiger partial charge >= 0.3 is 5.97 Å². The van der Waals surface area contributed by atoms with Gasteiger partial charge in [0, 0.05) is 12.1 Å². The summed E-state index contributed by atoms with van der Waals surface area (Å²) in [4.78, 5) is 23.3. The highest BCUT2D eigenvalue weighted by atomic mass is 16.5. The average molecular weight is 282 g/mol. The van der Waals surface area contributed by atoms with Crippen molar-refractivity contribution in [3.63, 3.8) is 0 Å². The first-order valence-corrected chi connectivity index (χ1v) is 6.78. The van der Waals surface area contributed by atoms with E-state index in [0.29, 0.717) is 24.3 Å². The quantitative estimate of drug-likeness (QED) is 0.796. The molecular weight excluding hydrogens is 260 g/mol. The molecule has 0 fully saturated rings. The lowest BCUT2D eigenvalue weighted by Gasteiger charge is -2.26. The first-order chi connectivity index (χ1) is 9.36. The summed E-state index contributed by atoms with van der Waals surface area (Å²) in [5, 5.41) is 15.8. The highest BCUT2D eigenvalue weighted by Gasteiger charge is 2.35. The molecule has 0 aliphatic rings. The van der Waals surface area contributed by atoms with Crippen LogP contribution < -0.4 is 5.32 Å². The Morgan fingerprint density at radius 2 is 1.90 bits per heavy atom. The normalized spacial score (nSPS) is 11.4. The van der Waals surface area contributed by atoms with Crippen LogP contribution in [0.3, 0.4) is 0 Å². The molecule has 0 bridgehead atoms. The van der Waals surface area contributed by atoms with Gasteiger partial charge in [0.2, 0.25) is 5.91 Å². The first-order valence-electron chi connectivity index (χ1n) is 6.78. The number of carboxylic acid groups (broad SMARTS) is 1. The van der Waals surface area contributed by atoms with Crippen LogP contribution in [0.1, 0.15) is 43.7 Å². The van der Waals surface area contributed by atoms with Crippen LogP contribution in [-0.2, 0) is 16.0 Å². The number of aliphatic carboxylic acids is 1. The number of rotatable bonds is 7. The highest BCUT2D eigenvalue weighted by Crippen LogP contribution is 2.25. The number of carbonyl (C=O) groups is 2. The van der Waals surface area contributed by atoms with E-state index >= 15 is 0 Å². The maximum absolute atomic E-state index is 11.9. The first kappa shape index (κ1) is 16.2. The van der Waals surface area contributed by atoms with Crippen molar-refractivity contribution in [3.05, 3.63) is 17.0 Å². The van der Waals surface area contributed by atoms with Gasteiger partial charge in [0.1, 0.15) is 5.76 Å². The van der Waals surface area contributed by atoms with Gasteiger partial charge in [-0.25, -0.2) is 0 Å². The monoisotopic (exact) mass is 282 g/mol. The van der Waals surface area contributed by atoms with E-state index in [1.54, 1.807) is 13.8 Å². The van der Waals surface area contributed by atoms with Crippen LogP contribution in [0.4, 0.5) is 0 Å². The maximum atomic E-state index is 11.9. The molecule has 0 saturated heterocycles. The molecule has 0 atom stereocenters. The summed E-state index contributed by atoms with van der Waals surface area (Å²) >= 11 is 0. The molecule has 1 amide bonds. The predicted molar refractivity (Wildman–Crippen MR) is 73.3 cm³/mol. The van der Waals surface area contributed by atoms with Crippen LogP contribution in [0.15, 0.2) is 4.52 Å². The number of nitrogens with zero attached hydrogens (tertiary/aromatic N) is 1. The van der Waals surface area contributed by atoms with Crippen LogP contribution in [0.25, 0.3) is 0 Å². The van der Waals surface area contributed by atoms with Gasteiger partial charge in [-0.15, -0.1) is 0 Å². The number of aryl methyl sites for hydroxylation is 2. The van der Waals surface area contributed by atoms with Crippen LogP contribution in [0.5, 0.6) is 0 Å². The average Bonchev–Trinajstić information content (AvgIpc) is 2.72. The summed E-state index contributed by atoms with van der Waals surface area (Å²) in [5.74, 6) is -0.472. The standard InChI is InChI=1S/C14H22N2O4/c1-5-14(6-2,13(18)19)8-15-12(17)7-11-9(3)16-20-10(11)4/h5-8H2,1-4H3,(H,15,17)(H,18,19). The molecule has 1 heterocycles. The third-order valence-corrected chi connectivity index (χ3v) is 3.95. The minimum absolute atomic E-state index is 0.136. The highest BCUT2D eigenvalue weighted by molar-refractivity contribution is 5.81. The molecule has 0 aliphatic carbocycles. The zero-order chi connectivity index (χ0) is 15.3. The Morgan fingerprint density at radius 1 is 1.30 bits per heavy atom. The van der Waals surface area contributed by atoms with Crippen LogP contribution in [-0.4, -0.2) is 28.7 Å². The molecule has 0 radical (unpaired) electrons. The van der Waals surface area contributed by atoms with Crippen LogP contribution in [0, 0.1) is 19.3 Å². The molecule has 6 heteroatoms. The Kier molecular flexibility index (Phi) is 5.30. The number of nitrogens with one attached hydrogen (secondary N) is 1. The summed E-state index contributed by atoms with van der Waals surface area (Å²) in [6.45, 7) is 7.30. The summed E-state index contributed by atoms with van der Waals surface area (Å²) < 4.78 is 5.00. The molecular formula is C14H22N2O4. The largest absolute Gasteiger partial charge is 0.481 e. The fourth-order valence-corrected chi connectivity index (χ4v) is 2.12. The lowest BCUT2D eigenvalue weighted by atomic mass is 9.82. The number of hydrogen-bond donors (Lipinski definition) is 2. The van der Waals surface area contributed by atoms with E-state index in [1.165, 1.54) is 0 Å². The zero-order valence-electron chi connectivity index (χ0n) is 12.4. The van der Waals surface area contributed by atoms with Gasteiger partial charge in [-0.2, -0.15) is 0 Å². The smallest absolute Gasteiger partial charge is 0.311 e. The second kappa shape index (κ2) is 6.54. The van der Waals surface area contributed by atoms with Crippen molar-refractivity contribution in [2.24, 2.45) is 5.41 Å². The van der Waals surface area contributed by atoms with E-state index in [0.717, 1.165) is 5.56 Å². The molecule has 20 heavy (non-hydrogen) atoms. The second-order valence-corrected chi connectivity index (χ2v) is 5.05. The summed E-state index contributed by atoms with van der Waals surface area (Å²) in [6, 6.07) is 0. The Balaban J connectivity index is 2.66. The Labute approximate surface area is 118 Å². The van der Waals surface area contributed by atoms with Crippen LogP contribution in [0.2, 0.25) is 0 Å². The van der Waals surface area contributed by atoms with Crippen LogP contribution >= 0.6 is 0 Å². The van der Waals surface area contributed by atoms with E-state index in [2.05, 4.69) is 10.5 Å². The molecule has 112 valence electrons. The molecule has 1 aromatic rings. The minimum Gasteiger partial charge on any atom is -0.481 e.